The molecule has 0 fully saturated rings. The number of rotatable bonds is 2. The molecule has 0 radical (unpaired) electrons. The molecule has 0 saturated carbocycles. The molecule has 0 spiro atoms. The quantitative estimate of drug-likeness (QED) is 0.639. The van der Waals surface area contributed by atoms with Crippen molar-refractivity contribution in [2.45, 2.75) is 6.61 Å². The van der Waals surface area contributed by atoms with E-state index >= 15 is 0 Å². The molecule has 4 rings (SSSR count). The van der Waals surface area contributed by atoms with E-state index in [0.29, 0.717) is 12.2 Å². The average Bonchev–Trinajstić information content (AvgIpc) is 2.98. The van der Waals surface area contributed by atoms with Gasteiger partial charge in [0.15, 0.2) is 0 Å². The Balaban J connectivity index is 1.95. The van der Waals surface area contributed by atoms with Crippen LogP contribution in [0.25, 0.3) is 22.3 Å². The zero-order valence-corrected chi connectivity index (χ0v) is 12.0. The van der Waals surface area contributed by atoms with Gasteiger partial charge in [-0.3, -0.25) is 0 Å². The lowest BCUT2D eigenvalue weighted by Crippen LogP contribution is -1.98. The van der Waals surface area contributed by atoms with Crippen LogP contribution in [0.3, 0.4) is 0 Å². The van der Waals surface area contributed by atoms with Gasteiger partial charge < -0.3 is 4.74 Å². The Bertz CT molecular complexity index is 836. The number of hydrogen-bond donors (Lipinski definition) is 0. The fraction of sp³-hybridized carbons (Fsp3) is 0.0500. The molecular formula is C20H14O2. The van der Waals surface area contributed by atoms with Crippen molar-refractivity contribution in [3.63, 3.8) is 0 Å². The Morgan fingerprint density at radius 3 is 1.86 bits per heavy atom. The van der Waals surface area contributed by atoms with Crippen molar-refractivity contribution >= 4 is 5.97 Å². The van der Waals surface area contributed by atoms with Crippen LogP contribution in [0.2, 0.25) is 0 Å². The lowest BCUT2D eigenvalue weighted by molar-refractivity contribution is 0.0536. The molecule has 3 aromatic rings. The van der Waals surface area contributed by atoms with E-state index in [4.69, 9.17) is 4.74 Å². The van der Waals surface area contributed by atoms with E-state index in [9.17, 15) is 4.79 Å². The number of cyclic esters (lactones) is 1. The number of hydrogen-bond acceptors (Lipinski definition) is 2. The summed E-state index contributed by atoms with van der Waals surface area (Å²) in [4.78, 5) is 12.2. The molecule has 0 bridgehead atoms. The van der Waals surface area contributed by atoms with Gasteiger partial charge in [-0.05, 0) is 22.3 Å². The van der Waals surface area contributed by atoms with Crippen molar-refractivity contribution in [3.05, 3.63) is 83.9 Å². The smallest absolute Gasteiger partial charge is 0.339 e. The first-order valence-electron chi connectivity index (χ1n) is 7.28. The highest BCUT2D eigenvalue weighted by atomic mass is 16.5. The third-order valence-electron chi connectivity index (χ3n) is 4.03. The molecule has 0 aromatic heterocycles. The molecule has 2 nitrogen and oxygen atoms in total. The van der Waals surface area contributed by atoms with Crippen molar-refractivity contribution in [3.8, 4) is 22.3 Å². The largest absolute Gasteiger partial charge is 0.457 e. The van der Waals surface area contributed by atoms with Gasteiger partial charge in [0.05, 0.1) is 5.56 Å². The minimum Gasteiger partial charge on any atom is -0.457 e. The average molecular weight is 286 g/mol. The van der Waals surface area contributed by atoms with Crippen molar-refractivity contribution in [1.29, 1.82) is 0 Å². The Labute approximate surface area is 129 Å². The minimum absolute atomic E-state index is 0.230. The van der Waals surface area contributed by atoms with E-state index in [-0.39, 0.29) is 5.97 Å². The summed E-state index contributed by atoms with van der Waals surface area (Å²) in [6.07, 6.45) is 0. The van der Waals surface area contributed by atoms with Gasteiger partial charge >= 0.3 is 5.97 Å². The van der Waals surface area contributed by atoms with E-state index in [0.717, 1.165) is 27.8 Å². The van der Waals surface area contributed by atoms with E-state index in [1.54, 1.807) is 0 Å². The number of benzene rings is 3. The molecule has 0 amide bonds. The van der Waals surface area contributed by atoms with Crippen LogP contribution in [-0.2, 0) is 11.3 Å². The van der Waals surface area contributed by atoms with Crippen molar-refractivity contribution in [2.24, 2.45) is 0 Å². The van der Waals surface area contributed by atoms with Crippen LogP contribution in [0, 0.1) is 0 Å². The second-order valence-corrected chi connectivity index (χ2v) is 5.32. The van der Waals surface area contributed by atoms with Crippen LogP contribution in [-0.4, -0.2) is 5.97 Å². The van der Waals surface area contributed by atoms with Gasteiger partial charge in [-0.25, -0.2) is 4.79 Å². The highest BCUT2D eigenvalue weighted by Gasteiger charge is 2.28. The van der Waals surface area contributed by atoms with E-state index < -0.39 is 0 Å². The summed E-state index contributed by atoms with van der Waals surface area (Å²) in [6.45, 7) is 0.346. The lowest BCUT2D eigenvalue weighted by atomic mass is 9.90. The van der Waals surface area contributed by atoms with Gasteiger partial charge in [-0.2, -0.15) is 0 Å². The van der Waals surface area contributed by atoms with Crippen LogP contribution in [0.5, 0.6) is 0 Å². The molecule has 0 atom stereocenters. The molecule has 1 heterocycles. The summed E-state index contributed by atoms with van der Waals surface area (Å²) in [7, 11) is 0. The number of carbonyl (C=O) groups excluding carboxylic acids is 1. The standard InChI is InChI=1S/C20H14O2/c21-20-19-17(15-9-5-2-6-10-15)12-11-16(18(19)13-22-20)14-7-3-1-4-8-14/h1-12H,13H2. The van der Waals surface area contributed by atoms with Gasteiger partial charge in [0.2, 0.25) is 0 Å². The monoisotopic (exact) mass is 286 g/mol. The molecule has 3 aromatic carbocycles. The third-order valence-corrected chi connectivity index (χ3v) is 4.03. The molecule has 2 heteroatoms. The molecule has 22 heavy (non-hydrogen) atoms. The van der Waals surface area contributed by atoms with Gasteiger partial charge in [0.25, 0.3) is 0 Å². The fourth-order valence-corrected chi connectivity index (χ4v) is 2.99. The molecule has 1 aliphatic heterocycles. The molecule has 106 valence electrons. The molecular weight excluding hydrogens is 272 g/mol. The molecule has 0 aliphatic carbocycles. The van der Waals surface area contributed by atoms with Crippen molar-refractivity contribution in [2.75, 3.05) is 0 Å². The van der Waals surface area contributed by atoms with E-state index in [1.165, 1.54) is 0 Å². The predicted molar refractivity (Wildman–Crippen MR) is 86.4 cm³/mol. The maximum atomic E-state index is 12.2. The minimum atomic E-state index is -0.230. The number of carbonyl (C=O) groups is 1. The van der Waals surface area contributed by atoms with E-state index in [2.05, 4.69) is 18.2 Å². The first kappa shape index (κ1) is 12.8. The molecule has 1 aliphatic rings. The zero-order valence-electron chi connectivity index (χ0n) is 12.0. The topological polar surface area (TPSA) is 26.3 Å². The SMILES string of the molecule is O=C1OCc2c(-c3ccccc3)ccc(-c3ccccc3)c21. The zero-order chi connectivity index (χ0) is 14.9. The first-order valence-corrected chi connectivity index (χ1v) is 7.28. The summed E-state index contributed by atoms with van der Waals surface area (Å²) >= 11 is 0. The number of ether oxygens (including phenoxy) is 1. The van der Waals surface area contributed by atoms with Crippen LogP contribution in [0.4, 0.5) is 0 Å². The Morgan fingerprint density at radius 1 is 0.682 bits per heavy atom. The summed E-state index contributed by atoms with van der Waals surface area (Å²) in [5.41, 5.74) is 5.85. The van der Waals surface area contributed by atoms with Gasteiger partial charge in [0, 0.05) is 5.56 Å². The Kier molecular flexibility index (Phi) is 3.01. The highest BCUT2D eigenvalue weighted by molar-refractivity contribution is 6.03. The maximum Gasteiger partial charge on any atom is 0.339 e. The first-order chi connectivity index (χ1) is 10.8. The summed E-state index contributed by atoms with van der Waals surface area (Å²) in [5.74, 6) is -0.230. The van der Waals surface area contributed by atoms with Gasteiger partial charge in [0.1, 0.15) is 6.61 Å². The van der Waals surface area contributed by atoms with Crippen molar-refractivity contribution < 1.29 is 9.53 Å². The molecule has 0 unspecified atom stereocenters. The number of esters is 1. The second kappa shape index (κ2) is 5.15. The maximum absolute atomic E-state index is 12.2. The fourth-order valence-electron chi connectivity index (χ4n) is 2.99. The summed E-state index contributed by atoms with van der Waals surface area (Å²) in [6, 6.07) is 24.2. The lowest BCUT2D eigenvalue weighted by Gasteiger charge is -2.11. The summed E-state index contributed by atoms with van der Waals surface area (Å²) in [5, 5.41) is 0. The van der Waals surface area contributed by atoms with Gasteiger partial charge in [-0.15, -0.1) is 0 Å². The van der Waals surface area contributed by atoms with Crippen LogP contribution in [0.1, 0.15) is 15.9 Å². The Hall–Kier alpha value is -2.87. The normalized spacial score (nSPS) is 12.8. The molecule has 0 N–H and O–H groups in total. The Morgan fingerprint density at radius 2 is 1.23 bits per heavy atom. The predicted octanol–water partition coefficient (Wildman–Crippen LogP) is 4.69. The van der Waals surface area contributed by atoms with Crippen LogP contribution >= 0.6 is 0 Å². The van der Waals surface area contributed by atoms with Crippen LogP contribution in [0.15, 0.2) is 72.8 Å². The highest BCUT2D eigenvalue weighted by Crippen LogP contribution is 2.37. The molecule has 0 saturated heterocycles. The van der Waals surface area contributed by atoms with Gasteiger partial charge in [-0.1, -0.05) is 72.8 Å². The third kappa shape index (κ3) is 2.01. The van der Waals surface area contributed by atoms with E-state index in [1.807, 2.05) is 54.6 Å². The van der Waals surface area contributed by atoms with Crippen molar-refractivity contribution in [1.82, 2.24) is 0 Å². The summed E-state index contributed by atoms with van der Waals surface area (Å²) < 4.78 is 5.31. The van der Waals surface area contributed by atoms with Crippen LogP contribution < -0.4 is 0 Å². The second-order valence-electron chi connectivity index (χ2n) is 5.32. The number of fused-ring (bicyclic) bond motifs is 1.